The number of rotatable bonds is 6. The van der Waals surface area contributed by atoms with Crippen LogP contribution in [0.4, 0.5) is 4.39 Å². The van der Waals surface area contributed by atoms with Crippen molar-refractivity contribution in [3.63, 3.8) is 0 Å². The quantitative estimate of drug-likeness (QED) is 0.778. The molecule has 0 radical (unpaired) electrons. The van der Waals surface area contributed by atoms with Crippen LogP contribution in [0.25, 0.3) is 0 Å². The molecule has 0 saturated heterocycles. The molecule has 102 valence electrons. The van der Waals surface area contributed by atoms with Crippen molar-refractivity contribution in [3.8, 4) is 0 Å². The van der Waals surface area contributed by atoms with Gasteiger partial charge in [-0.3, -0.25) is 0 Å². The molecule has 0 heterocycles. The summed E-state index contributed by atoms with van der Waals surface area (Å²) in [7, 11) is 0. The standard InChI is InChI=1S/C16H26FN/c1-6-10-18-15(16(4,5)7-2)14-9-8-13(17)11-12(14)3/h8-9,11,15,18H,6-7,10H2,1-5H3. The van der Waals surface area contributed by atoms with Crippen LogP contribution in [0.2, 0.25) is 0 Å². The summed E-state index contributed by atoms with van der Waals surface area (Å²) in [4.78, 5) is 0. The molecule has 2 heteroatoms. The monoisotopic (exact) mass is 251 g/mol. The smallest absolute Gasteiger partial charge is 0.123 e. The van der Waals surface area contributed by atoms with Crippen molar-refractivity contribution in [1.82, 2.24) is 5.32 Å². The highest BCUT2D eigenvalue weighted by molar-refractivity contribution is 5.30. The minimum atomic E-state index is -0.153. The normalized spacial score (nSPS) is 13.7. The Balaban J connectivity index is 3.09. The molecular weight excluding hydrogens is 225 g/mol. The van der Waals surface area contributed by atoms with Gasteiger partial charge in [-0.25, -0.2) is 4.39 Å². The zero-order valence-corrected chi connectivity index (χ0v) is 12.3. The van der Waals surface area contributed by atoms with Gasteiger partial charge >= 0.3 is 0 Å². The highest BCUT2D eigenvalue weighted by atomic mass is 19.1. The fourth-order valence-corrected chi connectivity index (χ4v) is 2.26. The molecule has 0 spiro atoms. The Labute approximate surface area is 111 Å². The summed E-state index contributed by atoms with van der Waals surface area (Å²) in [6, 6.07) is 5.40. The van der Waals surface area contributed by atoms with E-state index in [1.807, 2.05) is 13.0 Å². The Bertz CT molecular complexity index is 385. The van der Waals surface area contributed by atoms with E-state index in [2.05, 4.69) is 33.0 Å². The highest BCUT2D eigenvalue weighted by Gasteiger charge is 2.29. The van der Waals surface area contributed by atoms with E-state index in [0.29, 0.717) is 0 Å². The maximum Gasteiger partial charge on any atom is 0.123 e. The van der Waals surface area contributed by atoms with E-state index < -0.39 is 0 Å². The van der Waals surface area contributed by atoms with Gasteiger partial charge in [0.15, 0.2) is 0 Å². The Kier molecular flexibility index (Phi) is 5.33. The molecule has 0 saturated carbocycles. The summed E-state index contributed by atoms with van der Waals surface area (Å²) in [6.07, 6.45) is 2.20. The first-order chi connectivity index (χ1) is 8.42. The second-order valence-electron chi connectivity index (χ2n) is 5.73. The molecule has 1 N–H and O–H groups in total. The number of aryl methyl sites for hydroxylation is 1. The molecule has 0 amide bonds. The zero-order valence-electron chi connectivity index (χ0n) is 12.3. The van der Waals surface area contributed by atoms with Crippen LogP contribution in [0.1, 0.15) is 57.7 Å². The van der Waals surface area contributed by atoms with Crippen molar-refractivity contribution in [3.05, 3.63) is 35.1 Å². The molecule has 0 aliphatic carbocycles. The van der Waals surface area contributed by atoms with Gasteiger partial charge in [0.05, 0.1) is 0 Å². The lowest BCUT2D eigenvalue weighted by atomic mass is 9.77. The van der Waals surface area contributed by atoms with Gasteiger partial charge in [0, 0.05) is 6.04 Å². The van der Waals surface area contributed by atoms with Gasteiger partial charge in [0.25, 0.3) is 0 Å². The number of halogens is 1. The summed E-state index contributed by atoms with van der Waals surface area (Å²) >= 11 is 0. The fraction of sp³-hybridized carbons (Fsp3) is 0.625. The molecule has 0 bridgehead atoms. The summed E-state index contributed by atoms with van der Waals surface area (Å²) in [5.41, 5.74) is 2.42. The van der Waals surface area contributed by atoms with Gasteiger partial charge in [0.1, 0.15) is 5.82 Å². The summed E-state index contributed by atoms with van der Waals surface area (Å²) in [6.45, 7) is 11.9. The van der Waals surface area contributed by atoms with E-state index in [-0.39, 0.29) is 17.3 Å². The molecule has 18 heavy (non-hydrogen) atoms. The molecule has 0 aromatic heterocycles. The SMILES string of the molecule is CCCNC(c1ccc(F)cc1C)C(C)(C)CC. The molecular formula is C16H26FN. The average molecular weight is 251 g/mol. The molecule has 0 aliphatic rings. The zero-order chi connectivity index (χ0) is 13.8. The molecule has 1 unspecified atom stereocenters. The van der Waals surface area contributed by atoms with Crippen LogP contribution in [-0.4, -0.2) is 6.54 Å². The molecule has 1 aromatic carbocycles. The summed E-state index contributed by atoms with van der Waals surface area (Å²) < 4.78 is 13.2. The maximum absolute atomic E-state index is 13.2. The van der Waals surface area contributed by atoms with Crippen LogP contribution in [-0.2, 0) is 0 Å². The van der Waals surface area contributed by atoms with Crippen LogP contribution in [0, 0.1) is 18.2 Å². The van der Waals surface area contributed by atoms with Gasteiger partial charge in [-0.05, 0) is 55.0 Å². The lowest BCUT2D eigenvalue weighted by molar-refractivity contribution is 0.234. The van der Waals surface area contributed by atoms with Gasteiger partial charge in [-0.15, -0.1) is 0 Å². The first kappa shape index (κ1) is 15.2. The maximum atomic E-state index is 13.2. The number of nitrogens with one attached hydrogen (secondary N) is 1. The van der Waals surface area contributed by atoms with Gasteiger partial charge < -0.3 is 5.32 Å². The van der Waals surface area contributed by atoms with E-state index in [9.17, 15) is 4.39 Å². The minimum Gasteiger partial charge on any atom is -0.309 e. The second-order valence-corrected chi connectivity index (χ2v) is 5.73. The molecule has 1 atom stereocenters. The van der Waals surface area contributed by atoms with E-state index in [4.69, 9.17) is 0 Å². The van der Waals surface area contributed by atoms with E-state index in [1.54, 1.807) is 12.1 Å². The number of benzene rings is 1. The van der Waals surface area contributed by atoms with Crippen LogP contribution in [0.3, 0.4) is 0 Å². The van der Waals surface area contributed by atoms with Crippen LogP contribution < -0.4 is 5.32 Å². The van der Waals surface area contributed by atoms with Crippen molar-refractivity contribution in [2.45, 2.75) is 53.5 Å². The molecule has 0 aliphatic heterocycles. The molecule has 1 rings (SSSR count). The Morgan fingerprint density at radius 1 is 1.28 bits per heavy atom. The average Bonchev–Trinajstić information content (AvgIpc) is 2.31. The van der Waals surface area contributed by atoms with Crippen molar-refractivity contribution < 1.29 is 4.39 Å². The fourth-order valence-electron chi connectivity index (χ4n) is 2.26. The largest absolute Gasteiger partial charge is 0.309 e. The number of hydrogen-bond acceptors (Lipinski definition) is 1. The van der Waals surface area contributed by atoms with E-state index >= 15 is 0 Å². The predicted octanol–water partition coefficient (Wildman–Crippen LogP) is 4.61. The lowest BCUT2D eigenvalue weighted by Gasteiger charge is -2.35. The van der Waals surface area contributed by atoms with Crippen molar-refractivity contribution in [2.75, 3.05) is 6.54 Å². The first-order valence-electron chi connectivity index (χ1n) is 6.91. The van der Waals surface area contributed by atoms with Crippen molar-refractivity contribution in [2.24, 2.45) is 5.41 Å². The third-order valence-corrected chi connectivity index (χ3v) is 3.83. The van der Waals surface area contributed by atoms with Crippen LogP contribution in [0.5, 0.6) is 0 Å². The van der Waals surface area contributed by atoms with Crippen molar-refractivity contribution in [1.29, 1.82) is 0 Å². The summed E-state index contributed by atoms with van der Waals surface area (Å²) in [5, 5.41) is 3.61. The van der Waals surface area contributed by atoms with Crippen molar-refractivity contribution >= 4 is 0 Å². The predicted molar refractivity (Wildman–Crippen MR) is 76.2 cm³/mol. The van der Waals surface area contributed by atoms with Gasteiger partial charge in [-0.2, -0.15) is 0 Å². The molecule has 0 fully saturated rings. The Morgan fingerprint density at radius 2 is 1.94 bits per heavy atom. The summed E-state index contributed by atoms with van der Waals surface area (Å²) in [5.74, 6) is -0.153. The van der Waals surface area contributed by atoms with Gasteiger partial charge in [0.2, 0.25) is 0 Å². The Morgan fingerprint density at radius 3 is 2.44 bits per heavy atom. The van der Waals surface area contributed by atoms with Gasteiger partial charge in [-0.1, -0.05) is 33.8 Å². The Hall–Kier alpha value is -0.890. The molecule has 1 aromatic rings. The van der Waals surface area contributed by atoms with Crippen LogP contribution in [0.15, 0.2) is 18.2 Å². The highest BCUT2D eigenvalue weighted by Crippen LogP contribution is 2.37. The lowest BCUT2D eigenvalue weighted by Crippen LogP contribution is -2.35. The number of hydrogen-bond donors (Lipinski definition) is 1. The third kappa shape index (κ3) is 3.55. The topological polar surface area (TPSA) is 12.0 Å². The first-order valence-corrected chi connectivity index (χ1v) is 6.91. The minimum absolute atomic E-state index is 0.153. The third-order valence-electron chi connectivity index (χ3n) is 3.83. The molecule has 1 nitrogen and oxygen atoms in total. The van der Waals surface area contributed by atoms with E-state index in [1.165, 1.54) is 5.56 Å². The van der Waals surface area contributed by atoms with E-state index in [0.717, 1.165) is 24.9 Å². The van der Waals surface area contributed by atoms with Crippen LogP contribution >= 0.6 is 0 Å². The second kappa shape index (κ2) is 6.33.